The van der Waals surface area contributed by atoms with Crippen molar-refractivity contribution in [2.45, 2.75) is 44.2 Å². The maximum atomic E-state index is 12.9. The van der Waals surface area contributed by atoms with Gasteiger partial charge in [0.1, 0.15) is 13.2 Å². The summed E-state index contributed by atoms with van der Waals surface area (Å²) < 4.78 is 11.1. The highest BCUT2D eigenvalue weighted by Gasteiger charge is 2.33. The summed E-state index contributed by atoms with van der Waals surface area (Å²) in [6.45, 7) is 3.05. The van der Waals surface area contributed by atoms with Gasteiger partial charge in [-0.2, -0.15) is 0 Å². The molecule has 1 aliphatic carbocycles. The number of ether oxygens (including phenoxy) is 2. The Bertz CT molecular complexity index is 760. The summed E-state index contributed by atoms with van der Waals surface area (Å²) in [5, 5.41) is 3.12. The Morgan fingerprint density at radius 2 is 1.79 bits per heavy atom. The molecule has 1 aromatic rings. The van der Waals surface area contributed by atoms with Crippen LogP contribution in [0.4, 0.5) is 0 Å². The molecular weight excluding hydrogens is 370 g/mol. The SMILES string of the molecule is CN1CCC(N(C)C(=O)C2CCC(NC(=O)c3ccc4c(c3)OCCO4)CC2)C1. The molecule has 1 unspecified atom stereocenters. The fraction of sp³-hybridized carbons (Fsp3) is 0.636. The molecule has 29 heavy (non-hydrogen) atoms. The van der Waals surface area contributed by atoms with Gasteiger partial charge in [-0.25, -0.2) is 0 Å². The molecule has 2 fully saturated rings. The Hall–Kier alpha value is -2.28. The lowest BCUT2D eigenvalue weighted by Gasteiger charge is -2.33. The standard InChI is InChI=1S/C22H31N3O4/c1-24-10-9-18(14-24)25(2)22(27)15-3-6-17(7-4-15)23-21(26)16-5-8-19-20(13-16)29-12-11-28-19/h5,8,13,15,17-18H,3-4,6-7,9-12,14H2,1-2H3,(H,23,26). The maximum Gasteiger partial charge on any atom is 0.251 e. The molecule has 1 N–H and O–H groups in total. The van der Waals surface area contributed by atoms with E-state index in [0.717, 1.165) is 45.2 Å². The molecule has 0 bridgehead atoms. The van der Waals surface area contributed by atoms with E-state index in [9.17, 15) is 9.59 Å². The number of carbonyl (C=O) groups excluding carboxylic acids is 2. The Kier molecular flexibility index (Phi) is 5.94. The average Bonchev–Trinajstić information content (AvgIpc) is 3.19. The normalized spacial score (nSPS) is 26.8. The summed E-state index contributed by atoms with van der Waals surface area (Å²) in [4.78, 5) is 29.7. The monoisotopic (exact) mass is 401 g/mol. The van der Waals surface area contributed by atoms with Crippen LogP contribution in [0.3, 0.4) is 0 Å². The summed E-state index contributed by atoms with van der Waals surface area (Å²) in [5.74, 6) is 1.56. The molecule has 1 saturated heterocycles. The van der Waals surface area contributed by atoms with E-state index in [1.807, 2.05) is 11.9 Å². The van der Waals surface area contributed by atoms with Crippen molar-refractivity contribution in [1.82, 2.24) is 15.1 Å². The number of amides is 2. The van der Waals surface area contributed by atoms with Gasteiger partial charge in [-0.15, -0.1) is 0 Å². The number of fused-ring (bicyclic) bond motifs is 1. The molecule has 7 heteroatoms. The van der Waals surface area contributed by atoms with Crippen LogP contribution in [0.1, 0.15) is 42.5 Å². The first-order valence-corrected chi connectivity index (χ1v) is 10.7. The van der Waals surface area contributed by atoms with Crippen molar-refractivity contribution in [2.75, 3.05) is 40.4 Å². The van der Waals surface area contributed by atoms with E-state index >= 15 is 0 Å². The number of hydrogen-bond acceptors (Lipinski definition) is 5. The van der Waals surface area contributed by atoms with E-state index in [1.54, 1.807) is 18.2 Å². The second-order valence-electron chi connectivity index (χ2n) is 8.53. The smallest absolute Gasteiger partial charge is 0.251 e. The minimum absolute atomic E-state index is 0.0772. The van der Waals surface area contributed by atoms with Crippen LogP contribution < -0.4 is 14.8 Å². The van der Waals surface area contributed by atoms with Gasteiger partial charge in [-0.1, -0.05) is 0 Å². The van der Waals surface area contributed by atoms with Gasteiger partial charge in [0, 0.05) is 37.2 Å². The number of nitrogens with one attached hydrogen (secondary N) is 1. The van der Waals surface area contributed by atoms with Crippen molar-refractivity contribution in [2.24, 2.45) is 5.92 Å². The number of hydrogen-bond donors (Lipinski definition) is 1. The van der Waals surface area contributed by atoms with Crippen molar-refractivity contribution in [3.8, 4) is 11.5 Å². The first-order chi connectivity index (χ1) is 14.0. The molecular formula is C22H31N3O4. The molecule has 2 amide bonds. The second kappa shape index (κ2) is 8.61. The van der Waals surface area contributed by atoms with Crippen LogP contribution in [0.15, 0.2) is 18.2 Å². The van der Waals surface area contributed by atoms with Crippen molar-refractivity contribution in [3.05, 3.63) is 23.8 Å². The van der Waals surface area contributed by atoms with Crippen molar-refractivity contribution in [1.29, 1.82) is 0 Å². The highest BCUT2D eigenvalue weighted by atomic mass is 16.6. The number of likely N-dealkylation sites (tertiary alicyclic amines) is 1. The van der Waals surface area contributed by atoms with E-state index in [4.69, 9.17) is 9.47 Å². The minimum Gasteiger partial charge on any atom is -0.486 e. The highest BCUT2D eigenvalue weighted by Crippen LogP contribution is 2.31. The summed E-state index contributed by atoms with van der Waals surface area (Å²) >= 11 is 0. The quantitative estimate of drug-likeness (QED) is 0.835. The summed E-state index contributed by atoms with van der Waals surface area (Å²) in [5.41, 5.74) is 0.581. The second-order valence-corrected chi connectivity index (χ2v) is 8.53. The molecule has 1 aromatic carbocycles. The van der Waals surface area contributed by atoms with E-state index < -0.39 is 0 Å². The van der Waals surface area contributed by atoms with Crippen LogP contribution in [0, 0.1) is 5.92 Å². The third-order valence-electron chi connectivity index (χ3n) is 6.48. The predicted octanol–water partition coefficient (Wildman–Crippen LogP) is 1.91. The molecule has 0 radical (unpaired) electrons. The zero-order valence-electron chi connectivity index (χ0n) is 17.4. The molecule has 7 nitrogen and oxygen atoms in total. The van der Waals surface area contributed by atoms with E-state index in [2.05, 4.69) is 17.3 Å². The van der Waals surface area contributed by atoms with Gasteiger partial charge in [0.15, 0.2) is 11.5 Å². The fourth-order valence-corrected chi connectivity index (χ4v) is 4.63. The molecule has 1 saturated carbocycles. The minimum atomic E-state index is -0.0946. The molecule has 2 heterocycles. The number of nitrogens with zero attached hydrogens (tertiary/aromatic N) is 2. The van der Waals surface area contributed by atoms with Crippen molar-refractivity contribution >= 4 is 11.8 Å². The van der Waals surface area contributed by atoms with Crippen LogP contribution in [-0.4, -0.2) is 74.1 Å². The van der Waals surface area contributed by atoms with E-state index in [0.29, 0.717) is 36.3 Å². The van der Waals surface area contributed by atoms with Crippen LogP contribution in [0.25, 0.3) is 0 Å². The highest BCUT2D eigenvalue weighted by molar-refractivity contribution is 5.95. The molecule has 3 aliphatic rings. The third kappa shape index (κ3) is 4.50. The van der Waals surface area contributed by atoms with Gasteiger partial charge >= 0.3 is 0 Å². The maximum absolute atomic E-state index is 12.9. The average molecular weight is 402 g/mol. The van der Waals surface area contributed by atoms with E-state index in [1.165, 1.54) is 0 Å². The number of likely N-dealkylation sites (N-methyl/N-ethyl adjacent to an activating group) is 2. The van der Waals surface area contributed by atoms with Gasteiger partial charge in [0.25, 0.3) is 5.91 Å². The first-order valence-electron chi connectivity index (χ1n) is 10.7. The topological polar surface area (TPSA) is 71.1 Å². The van der Waals surface area contributed by atoms with Gasteiger partial charge in [0.05, 0.1) is 0 Å². The van der Waals surface area contributed by atoms with Gasteiger partial charge in [0.2, 0.25) is 5.91 Å². The largest absolute Gasteiger partial charge is 0.486 e. The van der Waals surface area contributed by atoms with Gasteiger partial charge < -0.3 is 24.6 Å². The predicted molar refractivity (Wildman–Crippen MR) is 109 cm³/mol. The Morgan fingerprint density at radius 1 is 1.07 bits per heavy atom. The lowest BCUT2D eigenvalue weighted by atomic mass is 9.84. The number of carbonyl (C=O) groups is 2. The van der Waals surface area contributed by atoms with Crippen LogP contribution in [0.2, 0.25) is 0 Å². The van der Waals surface area contributed by atoms with Gasteiger partial charge in [-0.05, 0) is 63.9 Å². The first kappa shape index (κ1) is 20.0. The number of rotatable bonds is 4. The number of benzene rings is 1. The molecule has 1 atom stereocenters. The van der Waals surface area contributed by atoms with Crippen LogP contribution in [0.5, 0.6) is 11.5 Å². The summed E-state index contributed by atoms with van der Waals surface area (Å²) in [7, 11) is 4.05. The Balaban J connectivity index is 1.27. The molecule has 2 aliphatic heterocycles. The van der Waals surface area contributed by atoms with E-state index in [-0.39, 0.29) is 23.8 Å². The lowest BCUT2D eigenvalue weighted by Crippen LogP contribution is -2.45. The summed E-state index contributed by atoms with van der Waals surface area (Å²) in [6.07, 6.45) is 4.39. The molecule has 4 rings (SSSR count). The van der Waals surface area contributed by atoms with Crippen molar-refractivity contribution in [3.63, 3.8) is 0 Å². The molecule has 158 valence electrons. The zero-order chi connectivity index (χ0) is 20.4. The molecule has 0 aromatic heterocycles. The zero-order valence-corrected chi connectivity index (χ0v) is 17.4. The van der Waals surface area contributed by atoms with Gasteiger partial charge in [-0.3, -0.25) is 9.59 Å². The van der Waals surface area contributed by atoms with Crippen LogP contribution in [-0.2, 0) is 4.79 Å². The molecule has 0 spiro atoms. The fourth-order valence-electron chi connectivity index (χ4n) is 4.63. The Labute approximate surface area is 172 Å². The lowest BCUT2D eigenvalue weighted by molar-refractivity contribution is -0.137. The Morgan fingerprint density at radius 3 is 2.48 bits per heavy atom. The third-order valence-corrected chi connectivity index (χ3v) is 6.48. The summed E-state index contributed by atoms with van der Waals surface area (Å²) in [6, 6.07) is 5.75. The van der Waals surface area contributed by atoms with Crippen LogP contribution >= 0.6 is 0 Å². The van der Waals surface area contributed by atoms with Crippen molar-refractivity contribution < 1.29 is 19.1 Å².